The highest BCUT2D eigenvalue weighted by Crippen LogP contribution is 1.99. The van der Waals surface area contributed by atoms with Gasteiger partial charge in [-0.15, -0.1) is 0 Å². The molecule has 0 aliphatic carbocycles. The Bertz CT molecular complexity index is 126. The van der Waals surface area contributed by atoms with Gasteiger partial charge in [0, 0.05) is 25.7 Å². The van der Waals surface area contributed by atoms with Crippen LogP contribution in [0.1, 0.15) is 20.3 Å². The highest BCUT2D eigenvalue weighted by atomic mass is 15.2. The lowest BCUT2D eigenvalue weighted by Crippen LogP contribution is -2.43. The Kier molecular flexibility index (Phi) is 8.14. The van der Waals surface area contributed by atoms with Gasteiger partial charge in [-0.25, -0.2) is 0 Å². The average Bonchev–Trinajstić information content (AvgIpc) is 2.12. The summed E-state index contributed by atoms with van der Waals surface area (Å²) in [7, 11) is 6.28. The summed E-state index contributed by atoms with van der Waals surface area (Å²) in [5, 5.41) is 3.24. The van der Waals surface area contributed by atoms with E-state index in [1.807, 2.05) is 7.05 Å². The largest absolute Gasteiger partial charge is 0.318 e. The summed E-state index contributed by atoms with van der Waals surface area (Å²) in [6.45, 7) is 9.14. The molecule has 0 aromatic carbocycles. The summed E-state index contributed by atoms with van der Waals surface area (Å²) < 4.78 is 0. The van der Waals surface area contributed by atoms with Gasteiger partial charge in [0.05, 0.1) is 0 Å². The molecule has 0 aromatic heterocycles. The van der Waals surface area contributed by atoms with Crippen LogP contribution in [0.25, 0.3) is 0 Å². The van der Waals surface area contributed by atoms with Crippen molar-refractivity contribution in [2.75, 3.05) is 47.3 Å². The molecule has 14 heavy (non-hydrogen) atoms. The topological polar surface area (TPSA) is 18.5 Å². The van der Waals surface area contributed by atoms with Crippen LogP contribution in [0.15, 0.2) is 0 Å². The Morgan fingerprint density at radius 3 is 2.21 bits per heavy atom. The van der Waals surface area contributed by atoms with Gasteiger partial charge in [-0.1, -0.05) is 6.92 Å². The lowest BCUT2D eigenvalue weighted by atomic mass is 10.2. The van der Waals surface area contributed by atoms with Crippen molar-refractivity contribution in [3.05, 3.63) is 0 Å². The molecule has 0 spiro atoms. The van der Waals surface area contributed by atoms with Gasteiger partial charge in [-0.05, 0) is 41.0 Å². The van der Waals surface area contributed by atoms with Crippen molar-refractivity contribution in [3.8, 4) is 0 Å². The van der Waals surface area contributed by atoms with Crippen LogP contribution >= 0.6 is 0 Å². The third-order valence-corrected chi connectivity index (χ3v) is 2.47. The van der Waals surface area contributed by atoms with E-state index in [2.05, 4.69) is 43.1 Å². The fourth-order valence-corrected chi connectivity index (χ4v) is 1.59. The number of rotatable bonds is 8. The van der Waals surface area contributed by atoms with E-state index in [1.54, 1.807) is 0 Å². The summed E-state index contributed by atoms with van der Waals surface area (Å²) in [6.07, 6.45) is 1.24. The molecule has 0 aromatic rings. The highest BCUT2D eigenvalue weighted by Gasteiger charge is 2.11. The van der Waals surface area contributed by atoms with Crippen LogP contribution in [0.5, 0.6) is 0 Å². The first kappa shape index (κ1) is 13.9. The highest BCUT2D eigenvalue weighted by molar-refractivity contribution is 4.69. The van der Waals surface area contributed by atoms with Crippen LogP contribution in [0.3, 0.4) is 0 Å². The van der Waals surface area contributed by atoms with E-state index in [-0.39, 0.29) is 0 Å². The van der Waals surface area contributed by atoms with Crippen molar-refractivity contribution in [3.63, 3.8) is 0 Å². The minimum absolute atomic E-state index is 0.639. The summed E-state index contributed by atoms with van der Waals surface area (Å²) in [5.74, 6) is 0. The number of hydrogen-bond acceptors (Lipinski definition) is 3. The van der Waals surface area contributed by atoms with E-state index in [0.717, 1.165) is 13.1 Å². The monoisotopic (exact) mass is 201 g/mol. The maximum atomic E-state index is 3.24. The van der Waals surface area contributed by atoms with E-state index in [4.69, 9.17) is 0 Å². The zero-order valence-corrected chi connectivity index (χ0v) is 10.5. The van der Waals surface area contributed by atoms with Gasteiger partial charge in [0.1, 0.15) is 0 Å². The molecule has 3 heteroatoms. The number of likely N-dealkylation sites (N-methyl/N-ethyl adjacent to an activating group) is 2. The second-order valence-electron chi connectivity index (χ2n) is 4.25. The van der Waals surface area contributed by atoms with E-state index in [9.17, 15) is 0 Å². The molecule has 0 radical (unpaired) electrons. The number of nitrogens with zero attached hydrogens (tertiary/aromatic N) is 2. The van der Waals surface area contributed by atoms with E-state index in [0.29, 0.717) is 6.04 Å². The summed E-state index contributed by atoms with van der Waals surface area (Å²) in [6, 6.07) is 0.639. The molecule has 0 heterocycles. The average molecular weight is 201 g/mol. The van der Waals surface area contributed by atoms with Crippen molar-refractivity contribution in [2.45, 2.75) is 26.3 Å². The van der Waals surface area contributed by atoms with Gasteiger partial charge < -0.3 is 10.2 Å². The maximum absolute atomic E-state index is 3.24. The summed E-state index contributed by atoms with van der Waals surface area (Å²) >= 11 is 0. The van der Waals surface area contributed by atoms with E-state index in [1.165, 1.54) is 19.5 Å². The number of nitrogens with one attached hydrogen (secondary N) is 1. The van der Waals surface area contributed by atoms with Crippen LogP contribution < -0.4 is 5.32 Å². The second-order valence-corrected chi connectivity index (χ2v) is 4.25. The molecule has 0 saturated heterocycles. The molecule has 0 bridgehead atoms. The first-order valence-corrected chi connectivity index (χ1v) is 5.65. The molecule has 1 atom stereocenters. The maximum Gasteiger partial charge on any atom is 0.0192 e. The zero-order valence-electron chi connectivity index (χ0n) is 10.5. The fourth-order valence-electron chi connectivity index (χ4n) is 1.59. The second kappa shape index (κ2) is 8.21. The molecule has 1 unspecified atom stereocenters. The van der Waals surface area contributed by atoms with Crippen molar-refractivity contribution in [2.24, 2.45) is 0 Å². The predicted molar refractivity (Wildman–Crippen MR) is 63.8 cm³/mol. The SMILES string of the molecule is CCCN(CCN(C)C)C(C)CNC. The van der Waals surface area contributed by atoms with E-state index < -0.39 is 0 Å². The molecule has 0 aliphatic heterocycles. The Balaban J connectivity index is 3.86. The van der Waals surface area contributed by atoms with Crippen LogP contribution in [0.4, 0.5) is 0 Å². The molecular formula is C11H27N3. The van der Waals surface area contributed by atoms with E-state index >= 15 is 0 Å². The minimum Gasteiger partial charge on any atom is -0.318 e. The van der Waals surface area contributed by atoms with Crippen molar-refractivity contribution >= 4 is 0 Å². The Morgan fingerprint density at radius 1 is 1.14 bits per heavy atom. The van der Waals surface area contributed by atoms with Crippen LogP contribution in [0.2, 0.25) is 0 Å². The standard InChI is InChI=1S/C11H27N3/c1-6-7-14(9-8-13(4)5)11(2)10-12-3/h11-12H,6-10H2,1-5H3. The Morgan fingerprint density at radius 2 is 1.79 bits per heavy atom. The quantitative estimate of drug-likeness (QED) is 0.628. The molecular weight excluding hydrogens is 174 g/mol. The minimum atomic E-state index is 0.639. The summed E-state index contributed by atoms with van der Waals surface area (Å²) in [5.41, 5.74) is 0. The first-order valence-electron chi connectivity index (χ1n) is 5.65. The van der Waals surface area contributed by atoms with Crippen LogP contribution in [0, 0.1) is 0 Å². The molecule has 0 aliphatic rings. The summed E-state index contributed by atoms with van der Waals surface area (Å²) in [4.78, 5) is 4.80. The zero-order chi connectivity index (χ0) is 11.0. The van der Waals surface area contributed by atoms with Crippen molar-refractivity contribution in [1.82, 2.24) is 15.1 Å². The molecule has 0 rings (SSSR count). The molecule has 0 amide bonds. The third kappa shape index (κ3) is 6.35. The van der Waals surface area contributed by atoms with Gasteiger partial charge in [0.2, 0.25) is 0 Å². The molecule has 86 valence electrons. The molecule has 1 N–H and O–H groups in total. The van der Waals surface area contributed by atoms with Gasteiger partial charge in [-0.3, -0.25) is 4.90 Å². The third-order valence-electron chi connectivity index (χ3n) is 2.47. The lowest BCUT2D eigenvalue weighted by Gasteiger charge is -2.29. The smallest absolute Gasteiger partial charge is 0.0192 e. The van der Waals surface area contributed by atoms with Gasteiger partial charge in [-0.2, -0.15) is 0 Å². The lowest BCUT2D eigenvalue weighted by molar-refractivity contribution is 0.187. The van der Waals surface area contributed by atoms with Crippen LogP contribution in [-0.4, -0.2) is 63.2 Å². The molecule has 0 saturated carbocycles. The number of hydrogen-bond donors (Lipinski definition) is 1. The van der Waals surface area contributed by atoms with Gasteiger partial charge in [0.25, 0.3) is 0 Å². The Labute approximate surface area is 89.5 Å². The first-order chi connectivity index (χ1) is 6.61. The van der Waals surface area contributed by atoms with Crippen molar-refractivity contribution in [1.29, 1.82) is 0 Å². The van der Waals surface area contributed by atoms with Crippen molar-refractivity contribution < 1.29 is 0 Å². The molecule has 3 nitrogen and oxygen atoms in total. The normalized spacial score (nSPS) is 13.9. The molecule has 0 fully saturated rings. The van der Waals surface area contributed by atoms with Gasteiger partial charge in [0.15, 0.2) is 0 Å². The fraction of sp³-hybridized carbons (Fsp3) is 1.00. The Hall–Kier alpha value is -0.120. The van der Waals surface area contributed by atoms with Gasteiger partial charge >= 0.3 is 0 Å². The van der Waals surface area contributed by atoms with Crippen LogP contribution in [-0.2, 0) is 0 Å². The predicted octanol–water partition coefficient (Wildman–Crippen LogP) is 0.868.